The van der Waals surface area contributed by atoms with Crippen molar-refractivity contribution in [2.45, 2.75) is 69.7 Å². The molecule has 0 saturated carbocycles. The van der Waals surface area contributed by atoms with Gasteiger partial charge in [-0.25, -0.2) is 4.79 Å². The molecule has 8 heteroatoms. The molecule has 3 rings (SSSR count). The molecule has 3 N–H and O–H groups in total. The van der Waals surface area contributed by atoms with E-state index < -0.39 is 54.2 Å². The van der Waals surface area contributed by atoms with Crippen LogP contribution in [0.3, 0.4) is 0 Å². The number of rotatable bonds is 4. The summed E-state index contributed by atoms with van der Waals surface area (Å²) in [7, 11) is 0. The Morgan fingerprint density at radius 3 is 2.75 bits per heavy atom. The minimum absolute atomic E-state index is 0.0298. The molecule has 156 valence electrons. The quantitative estimate of drug-likeness (QED) is 0.359. The molecule has 0 amide bonds. The van der Waals surface area contributed by atoms with Gasteiger partial charge in [0.15, 0.2) is 5.79 Å². The Bertz CT molecular complexity index is 715. The third kappa shape index (κ3) is 3.39. The van der Waals surface area contributed by atoms with Crippen LogP contribution in [0.2, 0.25) is 0 Å². The Morgan fingerprint density at radius 1 is 1.46 bits per heavy atom. The number of aliphatic hydroxyl groups excluding tert-OH is 2. The summed E-state index contributed by atoms with van der Waals surface area (Å²) in [4.78, 5) is 24.7. The van der Waals surface area contributed by atoms with Crippen LogP contribution in [0.1, 0.15) is 40.0 Å². The third-order valence-corrected chi connectivity index (χ3v) is 6.17. The Morgan fingerprint density at radius 2 is 2.14 bits per heavy atom. The second-order valence-corrected chi connectivity index (χ2v) is 8.18. The highest BCUT2D eigenvalue weighted by atomic mass is 16.7. The van der Waals surface area contributed by atoms with Crippen molar-refractivity contribution in [3.63, 3.8) is 0 Å². The fourth-order valence-electron chi connectivity index (χ4n) is 4.11. The summed E-state index contributed by atoms with van der Waals surface area (Å²) in [5, 5.41) is 31.3. The summed E-state index contributed by atoms with van der Waals surface area (Å²) in [5.74, 6) is -4.02. The van der Waals surface area contributed by atoms with Crippen LogP contribution in [-0.2, 0) is 23.8 Å². The van der Waals surface area contributed by atoms with E-state index >= 15 is 0 Å². The molecule has 0 spiro atoms. The molecule has 2 bridgehead atoms. The molecule has 28 heavy (non-hydrogen) atoms. The highest BCUT2D eigenvalue weighted by Crippen LogP contribution is 2.48. The molecule has 0 unspecified atom stereocenters. The molecule has 2 fully saturated rings. The van der Waals surface area contributed by atoms with E-state index in [9.17, 15) is 24.9 Å². The van der Waals surface area contributed by atoms with Gasteiger partial charge < -0.3 is 29.5 Å². The maximum atomic E-state index is 12.5. The van der Waals surface area contributed by atoms with Gasteiger partial charge in [0.2, 0.25) is 0 Å². The first-order valence-electron chi connectivity index (χ1n) is 9.57. The van der Waals surface area contributed by atoms with Crippen molar-refractivity contribution in [2.24, 2.45) is 11.8 Å². The summed E-state index contributed by atoms with van der Waals surface area (Å²) in [6.45, 7) is 8.45. The molecule has 2 saturated heterocycles. The van der Waals surface area contributed by atoms with Crippen LogP contribution in [0.25, 0.3) is 0 Å². The van der Waals surface area contributed by atoms with Crippen LogP contribution < -0.4 is 0 Å². The summed E-state index contributed by atoms with van der Waals surface area (Å²) >= 11 is 0. The molecule has 0 aromatic heterocycles. The number of carbonyl (C=O) groups excluding carboxylic acids is 2. The maximum Gasteiger partial charge on any atom is 0.334 e. The van der Waals surface area contributed by atoms with Crippen LogP contribution in [0.5, 0.6) is 0 Å². The van der Waals surface area contributed by atoms with Crippen LogP contribution in [-0.4, -0.2) is 63.6 Å². The SMILES string of the molecule is C=C1C(=O)O[C@@H]2/C=C(/CO)[C@@]3(O)C[C@H](O)[C@@](C)(C[C@@H](OC(=O)[C@H](C)CC)[C@@H]12)O3. The monoisotopic (exact) mass is 396 g/mol. The first-order valence-corrected chi connectivity index (χ1v) is 9.57. The molecular formula is C20H28O8. The van der Waals surface area contributed by atoms with Crippen LogP contribution in [0, 0.1) is 11.8 Å². The number of hydrogen-bond acceptors (Lipinski definition) is 8. The van der Waals surface area contributed by atoms with E-state index in [2.05, 4.69) is 6.58 Å². The van der Waals surface area contributed by atoms with Crippen LogP contribution in [0.15, 0.2) is 23.8 Å². The zero-order valence-corrected chi connectivity index (χ0v) is 16.4. The predicted octanol–water partition coefficient (Wildman–Crippen LogP) is 0.593. The molecule has 3 aliphatic rings. The predicted molar refractivity (Wildman–Crippen MR) is 96.7 cm³/mol. The smallest absolute Gasteiger partial charge is 0.334 e. The van der Waals surface area contributed by atoms with Gasteiger partial charge in [0, 0.05) is 24.0 Å². The van der Waals surface area contributed by atoms with Crippen molar-refractivity contribution in [3.8, 4) is 0 Å². The zero-order valence-electron chi connectivity index (χ0n) is 16.4. The number of aliphatic hydroxyl groups is 3. The van der Waals surface area contributed by atoms with E-state index in [4.69, 9.17) is 14.2 Å². The van der Waals surface area contributed by atoms with E-state index in [1.807, 2.05) is 6.92 Å². The second kappa shape index (κ2) is 7.26. The zero-order chi connectivity index (χ0) is 20.9. The molecular weight excluding hydrogens is 368 g/mol. The van der Waals surface area contributed by atoms with Gasteiger partial charge in [-0.05, 0) is 19.4 Å². The number of hydrogen-bond donors (Lipinski definition) is 3. The normalized spacial score (nSPS) is 43.1. The highest BCUT2D eigenvalue weighted by molar-refractivity contribution is 5.91. The number of ether oxygens (including phenoxy) is 3. The second-order valence-electron chi connectivity index (χ2n) is 8.18. The van der Waals surface area contributed by atoms with E-state index in [-0.39, 0.29) is 29.9 Å². The molecule has 7 atom stereocenters. The number of carbonyl (C=O) groups is 2. The van der Waals surface area contributed by atoms with Crippen molar-refractivity contribution in [3.05, 3.63) is 23.8 Å². The lowest BCUT2D eigenvalue weighted by molar-refractivity contribution is -0.211. The van der Waals surface area contributed by atoms with Crippen molar-refractivity contribution in [2.75, 3.05) is 6.61 Å². The fourth-order valence-corrected chi connectivity index (χ4v) is 4.11. The van der Waals surface area contributed by atoms with Gasteiger partial charge in [-0.1, -0.05) is 20.4 Å². The molecule has 8 nitrogen and oxygen atoms in total. The lowest BCUT2D eigenvalue weighted by atomic mass is 9.80. The van der Waals surface area contributed by atoms with Crippen molar-refractivity contribution in [1.82, 2.24) is 0 Å². The Kier molecular flexibility index (Phi) is 5.44. The van der Waals surface area contributed by atoms with Crippen molar-refractivity contribution >= 4 is 11.9 Å². The van der Waals surface area contributed by atoms with E-state index in [1.54, 1.807) is 13.8 Å². The van der Waals surface area contributed by atoms with Gasteiger partial charge in [0.05, 0.1) is 30.1 Å². The van der Waals surface area contributed by atoms with Gasteiger partial charge in [-0.2, -0.15) is 0 Å². The molecule has 3 aliphatic heterocycles. The van der Waals surface area contributed by atoms with Gasteiger partial charge in [-0.3, -0.25) is 4.79 Å². The number of fused-ring (bicyclic) bond motifs is 3. The average molecular weight is 396 g/mol. The molecule has 3 heterocycles. The lowest BCUT2D eigenvalue weighted by Gasteiger charge is -2.35. The van der Waals surface area contributed by atoms with Crippen molar-refractivity contribution in [1.29, 1.82) is 0 Å². The highest BCUT2D eigenvalue weighted by Gasteiger charge is 2.58. The van der Waals surface area contributed by atoms with Crippen molar-refractivity contribution < 1.29 is 39.1 Å². The number of esters is 2. The van der Waals surface area contributed by atoms with E-state index in [0.717, 1.165) is 0 Å². The topological polar surface area (TPSA) is 123 Å². The molecule has 0 aliphatic carbocycles. The summed E-state index contributed by atoms with van der Waals surface area (Å²) in [6, 6.07) is 0. The Labute approximate surface area is 163 Å². The lowest BCUT2D eigenvalue weighted by Crippen LogP contribution is -2.45. The minimum Gasteiger partial charge on any atom is -0.461 e. The largest absolute Gasteiger partial charge is 0.461 e. The summed E-state index contributed by atoms with van der Waals surface area (Å²) in [6.07, 6.45) is -0.933. The molecule has 0 radical (unpaired) electrons. The first-order chi connectivity index (χ1) is 13.0. The molecule has 0 aromatic carbocycles. The Balaban J connectivity index is 2.07. The first kappa shape index (κ1) is 21.0. The van der Waals surface area contributed by atoms with Crippen LogP contribution >= 0.6 is 0 Å². The van der Waals surface area contributed by atoms with Gasteiger partial charge in [0.1, 0.15) is 12.2 Å². The Hall–Kier alpha value is -1.74. The average Bonchev–Trinajstić information content (AvgIpc) is 3.04. The van der Waals surface area contributed by atoms with E-state index in [0.29, 0.717) is 6.42 Å². The third-order valence-electron chi connectivity index (χ3n) is 6.17. The van der Waals surface area contributed by atoms with E-state index in [1.165, 1.54) is 6.08 Å². The maximum absolute atomic E-state index is 12.5. The summed E-state index contributed by atoms with van der Waals surface area (Å²) in [5.41, 5.74) is -1.03. The summed E-state index contributed by atoms with van der Waals surface area (Å²) < 4.78 is 16.9. The van der Waals surface area contributed by atoms with Crippen LogP contribution in [0.4, 0.5) is 0 Å². The fraction of sp³-hybridized carbons (Fsp3) is 0.700. The molecule has 0 aromatic rings. The van der Waals surface area contributed by atoms with Gasteiger partial charge in [-0.15, -0.1) is 0 Å². The van der Waals surface area contributed by atoms with Gasteiger partial charge in [0.25, 0.3) is 0 Å². The minimum atomic E-state index is -1.90. The standard InChI is InChI=1S/C20H28O8/c1-5-10(2)17(23)27-14-7-19(4)15(22)8-20(25,28-19)12(9-21)6-13-16(14)11(3)18(24)26-13/h6,10,13-16,21-22,25H,3,5,7-9H2,1-2,4H3/b12-6-/t10-,13-,14-,15+,16+,19-,20-/m1/s1. The van der Waals surface area contributed by atoms with Gasteiger partial charge >= 0.3 is 11.9 Å².